The van der Waals surface area contributed by atoms with Crippen LogP contribution in [0, 0.1) is 5.82 Å². The lowest BCUT2D eigenvalue weighted by Gasteiger charge is -2.33. The van der Waals surface area contributed by atoms with Gasteiger partial charge in [0.25, 0.3) is 5.56 Å². The van der Waals surface area contributed by atoms with Crippen LogP contribution >= 0.6 is 46.7 Å². The van der Waals surface area contributed by atoms with E-state index in [1.165, 1.54) is 0 Å². The fourth-order valence-electron chi connectivity index (χ4n) is 2.50. The second-order valence-corrected chi connectivity index (χ2v) is 11.5. The Labute approximate surface area is 185 Å². The summed E-state index contributed by atoms with van der Waals surface area (Å²) in [7, 11) is -17.1. The van der Waals surface area contributed by atoms with Crippen LogP contribution in [0.3, 0.4) is 0 Å². The fraction of sp³-hybridized carbons (Fsp3) is 0.600. The van der Waals surface area contributed by atoms with Gasteiger partial charge >= 0.3 is 29.2 Å². The van der Waals surface area contributed by atoms with Gasteiger partial charge in [0.2, 0.25) is 5.82 Å². The Morgan fingerprint density at radius 1 is 1.22 bits per heavy atom. The first-order chi connectivity index (χ1) is 14.4. The van der Waals surface area contributed by atoms with Crippen molar-refractivity contribution >= 4 is 46.7 Å². The summed E-state index contributed by atoms with van der Waals surface area (Å²) in [6, 6.07) is 0. The number of alkyl halides is 2. The van der Waals surface area contributed by atoms with Crippen LogP contribution in [0.1, 0.15) is 0 Å². The van der Waals surface area contributed by atoms with Gasteiger partial charge < -0.3 is 29.4 Å². The van der Waals surface area contributed by atoms with Gasteiger partial charge in [0.1, 0.15) is 11.7 Å². The first kappa shape index (κ1) is 27.8. The van der Waals surface area contributed by atoms with Crippen LogP contribution in [0.5, 0.6) is 0 Å². The molecule has 22 heteroatoms. The summed E-state index contributed by atoms with van der Waals surface area (Å²) in [5.41, 5.74) is -4.84. The average Bonchev–Trinajstić information content (AvgIpc) is 2.86. The van der Waals surface area contributed by atoms with Crippen LogP contribution in [-0.2, 0) is 36.6 Å². The quantitative estimate of drug-likeness (QED) is 0.159. The van der Waals surface area contributed by atoms with Crippen molar-refractivity contribution in [1.29, 1.82) is 0 Å². The lowest BCUT2D eigenvalue weighted by Crippen LogP contribution is -2.55. The Hall–Kier alpha value is -0.480. The smallest absolute Gasteiger partial charge is 0.386 e. The van der Waals surface area contributed by atoms with Gasteiger partial charge in [-0.3, -0.25) is 18.9 Å². The highest BCUT2D eigenvalue weighted by atomic mass is 35.5. The van der Waals surface area contributed by atoms with Crippen LogP contribution in [0.2, 0.25) is 0 Å². The van der Waals surface area contributed by atoms with Crippen molar-refractivity contribution in [3.63, 3.8) is 0 Å². The van der Waals surface area contributed by atoms with Gasteiger partial charge in [0.15, 0.2) is 5.00 Å². The maximum atomic E-state index is 13.6. The molecule has 1 aliphatic rings. The van der Waals surface area contributed by atoms with Crippen molar-refractivity contribution in [3.8, 4) is 0 Å². The van der Waals surface area contributed by atoms with Crippen molar-refractivity contribution in [2.45, 2.75) is 16.7 Å². The first-order valence-corrected chi connectivity index (χ1v) is 13.2. The highest BCUT2D eigenvalue weighted by Gasteiger charge is 2.60. The van der Waals surface area contributed by atoms with E-state index in [2.05, 4.69) is 13.1 Å². The molecule has 2 rings (SSSR count). The number of nitrogens with zero attached hydrogens (tertiary/aromatic N) is 1. The zero-order chi connectivity index (χ0) is 24.8. The van der Waals surface area contributed by atoms with Crippen LogP contribution in [-0.4, -0.2) is 65.0 Å². The molecule has 0 aromatic carbocycles. The van der Waals surface area contributed by atoms with Crippen molar-refractivity contribution in [2.24, 2.45) is 0 Å². The molecule has 1 aliphatic heterocycles. The largest absolute Gasteiger partial charge is 0.490 e. The van der Waals surface area contributed by atoms with Crippen molar-refractivity contribution < 1.29 is 60.6 Å². The molecule has 2 unspecified atom stereocenters. The number of hydrogen-bond acceptors (Lipinski definition) is 10. The third-order valence-electron chi connectivity index (χ3n) is 3.89. The predicted molar refractivity (Wildman–Crippen MR) is 100 cm³/mol. The maximum Gasteiger partial charge on any atom is 0.490 e. The SMILES string of the molecule is O=c1[nH]c(=O)n([C@]2(Cl)CO[C@](CCl)(COP(=O)(O)OP(=O)(O)OP(=O)(O)O)[C@H]2O)cc1F. The number of aromatic nitrogens is 2. The fourth-order valence-corrected chi connectivity index (χ4v) is 6.25. The normalized spacial score (nSPS) is 30.1. The summed E-state index contributed by atoms with van der Waals surface area (Å²) in [6.07, 6.45) is -1.72. The van der Waals surface area contributed by atoms with Crippen LogP contribution in [0.4, 0.5) is 4.39 Å². The molecule has 0 bridgehead atoms. The summed E-state index contributed by atoms with van der Waals surface area (Å²) in [5, 5.41) is 10.6. The Kier molecular flexibility index (Phi) is 8.06. The van der Waals surface area contributed by atoms with E-state index in [4.69, 9.17) is 42.6 Å². The zero-order valence-corrected chi connectivity index (χ0v) is 19.3. The van der Waals surface area contributed by atoms with Gasteiger partial charge in [0, 0.05) is 0 Å². The number of hydrogen-bond donors (Lipinski definition) is 6. The molecule has 16 nitrogen and oxygen atoms in total. The molecule has 0 saturated carbocycles. The minimum Gasteiger partial charge on any atom is -0.386 e. The van der Waals surface area contributed by atoms with Crippen molar-refractivity contribution in [3.05, 3.63) is 32.9 Å². The first-order valence-electron chi connectivity index (χ1n) is 7.74. The summed E-state index contributed by atoms with van der Waals surface area (Å²) in [6.45, 7) is -2.00. The van der Waals surface area contributed by atoms with Gasteiger partial charge in [-0.15, -0.1) is 11.6 Å². The highest BCUT2D eigenvalue weighted by molar-refractivity contribution is 7.66. The zero-order valence-electron chi connectivity index (χ0n) is 15.1. The number of halogens is 3. The van der Waals surface area contributed by atoms with E-state index in [0.29, 0.717) is 10.8 Å². The van der Waals surface area contributed by atoms with E-state index in [1.807, 2.05) is 0 Å². The van der Waals surface area contributed by atoms with E-state index >= 15 is 0 Å². The third-order valence-corrected chi connectivity index (χ3v) is 8.63. The summed E-state index contributed by atoms with van der Waals surface area (Å²) in [5.74, 6) is -2.20. The Morgan fingerprint density at radius 2 is 1.81 bits per heavy atom. The third kappa shape index (κ3) is 6.14. The van der Waals surface area contributed by atoms with Gasteiger partial charge in [0.05, 0.1) is 25.3 Å². The second kappa shape index (κ2) is 9.29. The summed E-state index contributed by atoms with van der Waals surface area (Å²) < 4.78 is 64.6. The molecule has 0 radical (unpaired) electrons. The number of phosphoric acid groups is 3. The standard InChI is InChI=1S/C10H14Cl2FN2O14P3/c11-2-9(3-27-31(22,23)29-32(24,25)28-30(19,20)21)7(17)10(12,4-26-9)15-1-5(13)6(16)14-8(15)18/h1,7,17H,2-4H2,(H,22,23)(H,24,25)(H,14,16,18)(H2,19,20,21)/t7-,9-,10-/m1/s1. The van der Waals surface area contributed by atoms with E-state index < -0.39 is 76.3 Å². The number of phosphoric ester groups is 1. The van der Waals surface area contributed by atoms with Gasteiger partial charge in [-0.05, 0) is 0 Å². The number of rotatable bonds is 9. The molecule has 6 N–H and O–H groups in total. The number of aliphatic hydroxyl groups is 1. The minimum atomic E-state index is -5.82. The van der Waals surface area contributed by atoms with Gasteiger partial charge in [-0.25, -0.2) is 18.5 Å². The lowest BCUT2D eigenvalue weighted by atomic mass is 9.96. The highest BCUT2D eigenvalue weighted by Crippen LogP contribution is 2.66. The monoisotopic (exact) mass is 568 g/mol. The van der Waals surface area contributed by atoms with E-state index in [-0.39, 0.29) is 0 Å². The minimum absolute atomic E-state index is 0.368. The molecule has 1 aromatic heterocycles. The van der Waals surface area contributed by atoms with E-state index in [0.717, 1.165) is 0 Å². The molecular formula is C10H14Cl2FN2O14P3. The molecule has 1 saturated heterocycles. The molecule has 0 spiro atoms. The molecular weight excluding hydrogens is 555 g/mol. The number of ether oxygens (including phenoxy) is 1. The van der Waals surface area contributed by atoms with Crippen molar-refractivity contribution in [1.82, 2.24) is 9.55 Å². The molecule has 1 aromatic rings. The molecule has 32 heavy (non-hydrogen) atoms. The topological polar surface area (TPSA) is 244 Å². The second-order valence-electron chi connectivity index (χ2n) is 6.18. The number of aliphatic hydroxyl groups excluding tert-OH is 1. The molecule has 5 atom stereocenters. The van der Waals surface area contributed by atoms with E-state index in [9.17, 15) is 37.7 Å². The average molecular weight is 569 g/mol. The predicted octanol–water partition coefficient (Wildman–Crippen LogP) is -0.721. The number of aromatic amines is 1. The Balaban J connectivity index is 2.26. The molecule has 0 amide bonds. The van der Waals surface area contributed by atoms with E-state index in [1.54, 1.807) is 4.98 Å². The number of H-pyrrole nitrogens is 1. The molecule has 184 valence electrons. The molecule has 1 fully saturated rings. The van der Waals surface area contributed by atoms with Gasteiger partial charge in [-0.1, -0.05) is 11.6 Å². The molecule has 2 heterocycles. The van der Waals surface area contributed by atoms with Gasteiger partial charge in [-0.2, -0.15) is 13.0 Å². The van der Waals surface area contributed by atoms with Crippen LogP contribution in [0.25, 0.3) is 0 Å². The Bertz CT molecular complexity index is 1140. The summed E-state index contributed by atoms with van der Waals surface area (Å²) in [4.78, 5) is 58.2. The van der Waals surface area contributed by atoms with Crippen LogP contribution < -0.4 is 11.2 Å². The van der Waals surface area contributed by atoms with Crippen LogP contribution in [0.15, 0.2) is 15.8 Å². The maximum absolute atomic E-state index is 13.6. The number of nitrogens with one attached hydrogen (secondary N) is 1. The summed E-state index contributed by atoms with van der Waals surface area (Å²) >= 11 is 11.9. The molecule has 0 aliphatic carbocycles. The van der Waals surface area contributed by atoms with Crippen molar-refractivity contribution in [2.75, 3.05) is 19.1 Å². The Morgan fingerprint density at radius 3 is 2.34 bits per heavy atom. The lowest BCUT2D eigenvalue weighted by molar-refractivity contribution is -0.0748.